The van der Waals surface area contributed by atoms with Gasteiger partial charge in [0.05, 0.1) is 11.1 Å². The fraction of sp³-hybridized carbons (Fsp3) is 0.394. The quantitative estimate of drug-likeness (QED) is 0.322. The van der Waals surface area contributed by atoms with Crippen LogP contribution in [-0.4, -0.2) is 76.6 Å². The smallest absolute Gasteiger partial charge is 0.319 e. The Hall–Kier alpha value is -4.07. The maximum atomic E-state index is 16.7. The van der Waals surface area contributed by atoms with Gasteiger partial charge in [-0.25, -0.2) is 13.2 Å². The third kappa shape index (κ3) is 4.20. The van der Waals surface area contributed by atoms with Gasteiger partial charge in [0, 0.05) is 60.0 Å². The number of hydrogen-bond donors (Lipinski definition) is 2. The number of terminal acetylenes is 1. The number of aromatic hydroxyl groups is 1. The van der Waals surface area contributed by atoms with Crippen molar-refractivity contribution in [2.24, 2.45) is 0 Å². The molecule has 7 nitrogen and oxygen atoms in total. The van der Waals surface area contributed by atoms with E-state index in [1.807, 2.05) is 4.90 Å². The second kappa shape index (κ2) is 9.73. The summed E-state index contributed by atoms with van der Waals surface area (Å²) in [5, 5.41) is 15.2. The molecule has 220 valence electrons. The molecule has 4 aromatic rings. The zero-order chi connectivity index (χ0) is 29.5. The normalized spacial score (nSPS) is 26.5. The molecule has 1 aromatic heterocycles. The lowest BCUT2D eigenvalue weighted by Crippen LogP contribution is -2.67. The van der Waals surface area contributed by atoms with Gasteiger partial charge in [-0.05, 0) is 55.5 Å². The summed E-state index contributed by atoms with van der Waals surface area (Å²) >= 11 is 0. The van der Waals surface area contributed by atoms with Crippen molar-refractivity contribution in [3.63, 3.8) is 0 Å². The molecule has 0 unspecified atom stereocenters. The molecule has 3 aromatic carbocycles. The van der Waals surface area contributed by atoms with E-state index in [-0.39, 0.29) is 52.5 Å². The predicted molar refractivity (Wildman–Crippen MR) is 158 cm³/mol. The molecule has 0 saturated carbocycles. The van der Waals surface area contributed by atoms with Crippen LogP contribution in [0.4, 0.5) is 19.0 Å². The van der Waals surface area contributed by atoms with Gasteiger partial charge in [-0.1, -0.05) is 18.1 Å². The van der Waals surface area contributed by atoms with Gasteiger partial charge >= 0.3 is 6.01 Å². The van der Waals surface area contributed by atoms with Crippen LogP contribution in [0.2, 0.25) is 0 Å². The number of benzene rings is 3. The number of alkyl halides is 1. The van der Waals surface area contributed by atoms with Crippen LogP contribution in [0.1, 0.15) is 31.2 Å². The topological polar surface area (TPSA) is 73.8 Å². The van der Waals surface area contributed by atoms with Crippen LogP contribution in [0, 0.1) is 24.0 Å². The molecule has 10 heteroatoms. The molecule has 2 bridgehead atoms. The molecule has 9 rings (SSSR count). The first-order valence-corrected chi connectivity index (χ1v) is 14.8. The van der Waals surface area contributed by atoms with Gasteiger partial charge in [0.15, 0.2) is 5.82 Å². The maximum absolute atomic E-state index is 16.7. The molecular weight excluding hydrogens is 555 g/mol. The molecule has 5 aliphatic rings. The van der Waals surface area contributed by atoms with Gasteiger partial charge in [-0.15, -0.1) is 6.42 Å². The van der Waals surface area contributed by atoms with Gasteiger partial charge in [0.1, 0.15) is 35.7 Å². The Bertz CT molecular complexity index is 1830. The second-order valence-corrected chi connectivity index (χ2v) is 12.4. The van der Waals surface area contributed by atoms with E-state index in [0.717, 1.165) is 25.8 Å². The second-order valence-electron chi connectivity index (χ2n) is 12.4. The molecule has 0 aliphatic carbocycles. The van der Waals surface area contributed by atoms with E-state index in [2.05, 4.69) is 21.1 Å². The Labute approximate surface area is 246 Å². The molecule has 2 N–H and O–H groups in total. The van der Waals surface area contributed by atoms with Gasteiger partial charge in [-0.3, -0.25) is 4.90 Å². The van der Waals surface area contributed by atoms with E-state index in [1.165, 1.54) is 18.2 Å². The summed E-state index contributed by atoms with van der Waals surface area (Å²) in [6.45, 7) is 2.65. The molecule has 6 heterocycles. The minimum Gasteiger partial charge on any atom is -0.508 e. The van der Waals surface area contributed by atoms with Gasteiger partial charge < -0.3 is 20.1 Å². The Morgan fingerprint density at radius 1 is 1.14 bits per heavy atom. The van der Waals surface area contributed by atoms with Crippen molar-refractivity contribution in [3.8, 4) is 35.2 Å². The third-order valence-corrected chi connectivity index (χ3v) is 9.68. The Balaban J connectivity index is 1.29. The standard InChI is InChI=1S/C33H30F3N5O2/c1-2-18-5-3-6-19-9-23(42)11-24(27(18)19)28-26(35)12-25-30(29(28)36)38-32(39-31(25)40-15-21-10-22(16-40)37-21)43-17-33-7-4-8-41(33)14-20(34)13-33/h1,3,5-6,9,11-12,20-22,37,42H,4,7-8,10,13-17H2/t20-,21-,22+,33+/m1/s1. The highest BCUT2D eigenvalue weighted by molar-refractivity contribution is 6.04. The van der Waals surface area contributed by atoms with Crippen LogP contribution in [0.3, 0.4) is 0 Å². The number of phenols is 1. The molecular formula is C33H30F3N5O2. The summed E-state index contributed by atoms with van der Waals surface area (Å²) in [4.78, 5) is 13.3. The van der Waals surface area contributed by atoms with Gasteiger partial charge in [-0.2, -0.15) is 9.97 Å². The summed E-state index contributed by atoms with van der Waals surface area (Å²) in [6, 6.07) is 9.76. The fourth-order valence-corrected chi connectivity index (χ4v) is 7.78. The van der Waals surface area contributed by atoms with Crippen LogP contribution in [0.15, 0.2) is 36.4 Å². The molecule has 0 radical (unpaired) electrons. The number of aromatic nitrogens is 2. The fourth-order valence-electron chi connectivity index (χ4n) is 7.78. The number of hydrogen-bond acceptors (Lipinski definition) is 7. The molecule has 4 atom stereocenters. The zero-order valence-electron chi connectivity index (χ0n) is 23.4. The molecule has 0 spiro atoms. The third-order valence-electron chi connectivity index (χ3n) is 9.68. The Kier molecular flexibility index (Phi) is 6.01. The molecule has 5 fully saturated rings. The summed E-state index contributed by atoms with van der Waals surface area (Å²) in [5.41, 5.74) is -0.290. The number of piperidine rings is 1. The summed E-state index contributed by atoms with van der Waals surface area (Å²) in [6.07, 6.45) is 8.02. The number of rotatable bonds is 5. The highest BCUT2D eigenvalue weighted by atomic mass is 19.1. The minimum absolute atomic E-state index is 0.0280. The lowest BCUT2D eigenvalue weighted by atomic mass is 9.91. The molecule has 5 aliphatic heterocycles. The van der Waals surface area contributed by atoms with Gasteiger partial charge in [0.25, 0.3) is 0 Å². The monoisotopic (exact) mass is 585 g/mol. The lowest BCUT2D eigenvalue weighted by Gasteiger charge is -2.48. The number of phenolic OH excluding ortho intramolecular Hbond substituents is 1. The largest absolute Gasteiger partial charge is 0.508 e. The summed E-state index contributed by atoms with van der Waals surface area (Å²) < 4.78 is 53.4. The number of fused-ring (bicyclic) bond motifs is 5. The number of ether oxygens (including phenoxy) is 1. The van der Waals surface area contributed by atoms with Crippen molar-refractivity contribution < 1.29 is 23.0 Å². The first-order valence-electron chi connectivity index (χ1n) is 14.8. The first kappa shape index (κ1) is 26.5. The highest BCUT2D eigenvalue weighted by Gasteiger charge is 2.49. The average Bonchev–Trinajstić information content (AvgIpc) is 3.50. The van der Waals surface area contributed by atoms with Crippen molar-refractivity contribution in [1.82, 2.24) is 20.2 Å². The number of anilines is 1. The number of piperazine rings is 1. The van der Waals surface area contributed by atoms with Crippen LogP contribution >= 0.6 is 0 Å². The van der Waals surface area contributed by atoms with Crippen molar-refractivity contribution in [2.45, 2.75) is 49.5 Å². The lowest BCUT2D eigenvalue weighted by molar-refractivity contribution is 0.107. The van der Waals surface area contributed by atoms with E-state index in [0.29, 0.717) is 48.2 Å². The number of halogens is 3. The Morgan fingerprint density at radius 3 is 2.74 bits per heavy atom. The summed E-state index contributed by atoms with van der Waals surface area (Å²) in [5.74, 6) is 1.14. The van der Waals surface area contributed by atoms with E-state index < -0.39 is 23.3 Å². The molecule has 43 heavy (non-hydrogen) atoms. The van der Waals surface area contributed by atoms with Crippen molar-refractivity contribution in [3.05, 3.63) is 53.6 Å². The zero-order valence-corrected chi connectivity index (χ0v) is 23.4. The predicted octanol–water partition coefficient (Wildman–Crippen LogP) is 4.92. The maximum Gasteiger partial charge on any atom is 0.319 e. The highest BCUT2D eigenvalue weighted by Crippen LogP contribution is 2.43. The minimum atomic E-state index is -0.919. The molecule has 0 amide bonds. The van der Waals surface area contributed by atoms with Crippen molar-refractivity contribution in [2.75, 3.05) is 37.7 Å². The van der Waals surface area contributed by atoms with Crippen molar-refractivity contribution >= 4 is 27.5 Å². The van der Waals surface area contributed by atoms with Crippen molar-refractivity contribution in [1.29, 1.82) is 0 Å². The van der Waals surface area contributed by atoms with Crippen LogP contribution in [-0.2, 0) is 0 Å². The number of nitrogens with one attached hydrogen (secondary N) is 1. The van der Waals surface area contributed by atoms with E-state index >= 15 is 8.78 Å². The SMILES string of the molecule is C#Cc1cccc2cc(O)cc(-c3c(F)cc4c(N5C[C@H]6C[C@@H](C5)N6)nc(OC[C@@]56CCCN5C[C@H](F)C6)nc4c3F)c12. The average molecular weight is 586 g/mol. The van der Waals surface area contributed by atoms with Gasteiger partial charge in [0.2, 0.25) is 0 Å². The number of nitrogens with zero attached hydrogens (tertiary/aromatic N) is 4. The van der Waals surface area contributed by atoms with E-state index in [4.69, 9.17) is 16.1 Å². The van der Waals surface area contributed by atoms with E-state index in [9.17, 15) is 9.50 Å². The first-order chi connectivity index (χ1) is 20.8. The molecule has 5 saturated heterocycles. The van der Waals surface area contributed by atoms with Crippen LogP contribution in [0.25, 0.3) is 32.8 Å². The Morgan fingerprint density at radius 2 is 1.95 bits per heavy atom. The van der Waals surface area contributed by atoms with E-state index in [1.54, 1.807) is 18.2 Å². The van der Waals surface area contributed by atoms with Crippen LogP contribution in [0.5, 0.6) is 11.8 Å². The summed E-state index contributed by atoms with van der Waals surface area (Å²) in [7, 11) is 0. The van der Waals surface area contributed by atoms with Crippen LogP contribution < -0.4 is 15.0 Å².